The molecule has 0 spiro atoms. The van der Waals surface area contributed by atoms with Gasteiger partial charge in [-0.3, -0.25) is 4.79 Å². The first-order valence-electron chi connectivity index (χ1n) is 7.43. The van der Waals surface area contributed by atoms with Gasteiger partial charge in [0.15, 0.2) is 0 Å². The van der Waals surface area contributed by atoms with Gasteiger partial charge in [-0.15, -0.1) is 0 Å². The smallest absolute Gasteiger partial charge is 0.227 e. The molecular formula is C16H24N2O2. The van der Waals surface area contributed by atoms with Gasteiger partial charge in [0.1, 0.15) is 5.75 Å². The minimum Gasteiger partial charge on any atom is -0.508 e. The summed E-state index contributed by atoms with van der Waals surface area (Å²) in [5, 5.41) is 12.3. The molecule has 4 nitrogen and oxygen atoms in total. The molecule has 0 saturated heterocycles. The molecule has 20 heavy (non-hydrogen) atoms. The number of nitrogens with two attached hydrogens (primary N) is 1. The number of phenolic OH excluding ortho intramolecular Hbond substituents is 1. The van der Waals surface area contributed by atoms with E-state index in [9.17, 15) is 9.90 Å². The number of benzene rings is 1. The summed E-state index contributed by atoms with van der Waals surface area (Å²) in [6.07, 6.45) is 6.36. The van der Waals surface area contributed by atoms with Crippen LogP contribution < -0.4 is 11.1 Å². The lowest BCUT2D eigenvalue weighted by molar-refractivity contribution is -0.131. The summed E-state index contributed by atoms with van der Waals surface area (Å²) in [5.74, 6) is 0.317. The molecule has 1 saturated carbocycles. The number of nitrogens with one attached hydrogen (secondary N) is 1. The van der Waals surface area contributed by atoms with Gasteiger partial charge in [0.25, 0.3) is 0 Å². The topological polar surface area (TPSA) is 75.4 Å². The number of carbonyl (C=O) groups is 1. The van der Waals surface area contributed by atoms with E-state index in [-0.39, 0.29) is 17.1 Å². The first-order chi connectivity index (χ1) is 9.66. The summed E-state index contributed by atoms with van der Waals surface area (Å²) in [6.45, 7) is 0.912. The van der Waals surface area contributed by atoms with E-state index in [2.05, 4.69) is 5.32 Å². The number of amides is 1. The molecule has 1 amide bonds. The molecule has 0 radical (unpaired) electrons. The number of rotatable bonds is 4. The van der Waals surface area contributed by atoms with Crippen molar-refractivity contribution in [3.8, 4) is 5.75 Å². The van der Waals surface area contributed by atoms with Crippen LogP contribution in [0.1, 0.15) is 44.1 Å². The van der Waals surface area contributed by atoms with Crippen molar-refractivity contribution in [2.45, 2.75) is 45.1 Å². The zero-order chi connectivity index (χ0) is 14.4. The Morgan fingerprint density at radius 1 is 1.15 bits per heavy atom. The Kier molecular flexibility index (Phi) is 5.01. The number of hydrogen-bond donors (Lipinski definition) is 3. The molecule has 0 atom stereocenters. The van der Waals surface area contributed by atoms with E-state index < -0.39 is 0 Å². The fourth-order valence-electron chi connectivity index (χ4n) is 2.91. The van der Waals surface area contributed by atoms with E-state index in [0.29, 0.717) is 13.1 Å². The number of aromatic hydroxyl groups is 1. The van der Waals surface area contributed by atoms with Crippen LogP contribution in [0.5, 0.6) is 5.75 Å². The second-order valence-corrected chi connectivity index (χ2v) is 5.75. The second kappa shape index (κ2) is 6.75. The highest BCUT2D eigenvalue weighted by Crippen LogP contribution is 2.34. The Morgan fingerprint density at radius 2 is 1.75 bits per heavy atom. The predicted molar refractivity (Wildman–Crippen MR) is 79.1 cm³/mol. The van der Waals surface area contributed by atoms with Gasteiger partial charge in [-0.25, -0.2) is 0 Å². The summed E-state index contributed by atoms with van der Waals surface area (Å²) in [4.78, 5) is 12.5. The second-order valence-electron chi connectivity index (χ2n) is 5.75. The highest BCUT2D eigenvalue weighted by Gasteiger charge is 2.36. The summed E-state index contributed by atoms with van der Waals surface area (Å²) >= 11 is 0. The van der Waals surface area contributed by atoms with E-state index in [1.165, 1.54) is 12.8 Å². The van der Waals surface area contributed by atoms with Gasteiger partial charge in [0.2, 0.25) is 5.91 Å². The fraction of sp³-hybridized carbons (Fsp3) is 0.562. The van der Waals surface area contributed by atoms with E-state index in [0.717, 1.165) is 31.2 Å². The molecule has 2 rings (SSSR count). The summed E-state index contributed by atoms with van der Waals surface area (Å²) < 4.78 is 0. The molecule has 4 N–H and O–H groups in total. The third-order valence-electron chi connectivity index (χ3n) is 4.32. The third kappa shape index (κ3) is 3.51. The average molecular weight is 276 g/mol. The van der Waals surface area contributed by atoms with Gasteiger partial charge >= 0.3 is 0 Å². The lowest BCUT2D eigenvalue weighted by Crippen LogP contribution is -2.45. The molecule has 0 bridgehead atoms. The minimum atomic E-state index is -0.382. The van der Waals surface area contributed by atoms with Crippen LogP contribution in [0.2, 0.25) is 0 Å². The van der Waals surface area contributed by atoms with E-state index in [4.69, 9.17) is 5.73 Å². The molecule has 0 aliphatic heterocycles. The minimum absolute atomic E-state index is 0.0787. The average Bonchev–Trinajstić information content (AvgIpc) is 2.73. The van der Waals surface area contributed by atoms with E-state index in [1.807, 2.05) is 12.1 Å². The van der Waals surface area contributed by atoms with E-state index in [1.54, 1.807) is 12.1 Å². The maximum Gasteiger partial charge on any atom is 0.227 e. The van der Waals surface area contributed by atoms with Crippen molar-refractivity contribution in [2.24, 2.45) is 11.1 Å². The zero-order valence-corrected chi connectivity index (χ0v) is 11.9. The van der Waals surface area contributed by atoms with Crippen LogP contribution in [0.4, 0.5) is 0 Å². The van der Waals surface area contributed by atoms with Crippen LogP contribution in [0.25, 0.3) is 0 Å². The van der Waals surface area contributed by atoms with Gasteiger partial charge in [0.05, 0.1) is 5.41 Å². The van der Waals surface area contributed by atoms with Crippen LogP contribution in [0, 0.1) is 5.41 Å². The van der Waals surface area contributed by atoms with Crippen molar-refractivity contribution in [1.29, 1.82) is 0 Å². The van der Waals surface area contributed by atoms with Crippen LogP contribution in [-0.2, 0) is 11.3 Å². The Labute approximate surface area is 120 Å². The molecular weight excluding hydrogens is 252 g/mol. The highest BCUT2D eigenvalue weighted by molar-refractivity contribution is 5.82. The van der Waals surface area contributed by atoms with Gasteiger partial charge in [-0.2, -0.15) is 0 Å². The van der Waals surface area contributed by atoms with Crippen LogP contribution in [0.3, 0.4) is 0 Å². The Balaban J connectivity index is 1.96. The van der Waals surface area contributed by atoms with Crippen molar-refractivity contribution in [2.75, 3.05) is 6.54 Å². The molecule has 4 heteroatoms. The maximum atomic E-state index is 12.5. The number of carbonyl (C=O) groups excluding carboxylic acids is 1. The quantitative estimate of drug-likeness (QED) is 0.739. The first kappa shape index (κ1) is 14.9. The zero-order valence-electron chi connectivity index (χ0n) is 11.9. The normalized spacial score (nSPS) is 18.2. The van der Waals surface area contributed by atoms with Crippen molar-refractivity contribution < 1.29 is 9.90 Å². The Hall–Kier alpha value is -1.55. The molecule has 1 aromatic carbocycles. The molecule has 110 valence electrons. The van der Waals surface area contributed by atoms with Crippen molar-refractivity contribution in [3.05, 3.63) is 29.8 Å². The Morgan fingerprint density at radius 3 is 2.30 bits per heavy atom. The Bertz CT molecular complexity index is 434. The molecule has 1 aliphatic rings. The SMILES string of the molecule is NCC1(C(=O)NCc2ccc(O)cc2)CCCCCC1. The molecule has 0 unspecified atom stereocenters. The number of phenols is 1. The van der Waals surface area contributed by atoms with Gasteiger partial charge < -0.3 is 16.2 Å². The maximum absolute atomic E-state index is 12.5. The van der Waals surface area contributed by atoms with Crippen molar-refractivity contribution in [3.63, 3.8) is 0 Å². The largest absolute Gasteiger partial charge is 0.508 e. The molecule has 1 aromatic rings. The monoisotopic (exact) mass is 276 g/mol. The number of hydrogen-bond acceptors (Lipinski definition) is 3. The lowest BCUT2D eigenvalue weighted by Gasteiger charge is -2.29. The molecule has 0 aromatic heterocycles. The standard InChI is InChI=1S/C16H24N2O2/c17-12-16(9-3-1-2-4-10-16)15(20)18-11-13-5-7-14(19)8-6-13/h5-8,19H,1-4,9-12,17H2,(H,18,20). The van der Waals surface area contributed by atoms with E-state index >= 15 is 0 Å². The summed E-state index contributed by atoms with van der Waals surface area (Å²) in [7, 11) is 0. The van der Waals surface area contributed by atoms with Gasteiger partial charge in [-0.05, 0) is 30.5 Å². The molecule has 1 fully saturated rings. The summed E-state index contributed by atoms with van der Waals surface area (Å²) in [5.41, 5.74) is 6.51. The fourth-order valence-corrected chi connectivity index (χ4v) is 2.91. The van der Waals surface area contributed by atoms with Crippen molar-refractivity contribution in [1.82, 2.24) is 5.32 Å². The van der Waals surface area contributed by atoms with Crippen LogP contribution >= 0.6 is 0 Å². The first-order valence-corrected chi connectivity index (χ1v) is 7.43. The summed E-state index contributed by atoms with van der Waals surface area (Å²) in [6, 6.07) is 6.90. The lowest BCUT2D eigenvalue weighted by atomic mass is 9.79. The highest BCUT2D eigenvalue weighted by atomic mass is 16.3. The van der Waals surface area contributed by atoms with Gasteiger partial charge in [0, 0.05) is 13.1 Å². The third-order valence-corrected chi connectivity index (χ3v) is 4.32. The molecule has 0 heterocycles. The van der Waals surface area contributed by atoms with Crippen LogP contribution in [0.15, 0.2) is 24.3 Å². The molecule has 1 aliphatic carbocycles. The van der Waals surface area contributed by atoms with Crippen LogP contribution in [-0.4, -0.2) is 17.6 Å². The van der Waals surface area contributed by atoms with Crippen molar-refractivity contribution >= 4 is 5.91 Å². The van der Waals surface area contributed by atoms with Gasteiger partial charge in [-0.1, -0.05) is 37.8 Å². The predicted octanol–water partition coefficient (Wildman–Crippen LogP) is 2.31.